The fourth-order valence-corrected chi connectivity index (χ4v) is 4.50. The molecule has 0 bridgehead atoms. The zero-order valence-electron chi connectivity index (χ0n) is 22.1. The number of carbonyl (C=O) groups is 2. The molecule has 1 atom stereocenters. The normalized spacial score (nSPS) is 11.2. The van der Waals surface area contributed by atoms with Crippen LogP contribution in [-0.4, -0.2) is 35.1 Å². The Hall–Kier alpha value is -3.02. The summed E-state index contributed by atoms with van der Waals surface area (Å²) >= 11 is 6.44. The Balaban J connectivity index is 0.000000401. The molecule has 0 spiro atoms. The van der Waals surface area contributed by atoms with Gasteiger partial charge in [0.1, 0.15) is 24.2 Å². The molecule has 13 heteroatoms. The summed E-state index contributed by atoms with van der Waals surface area (Å²) in [6.07, 6.45) is 7.01. The second-order valence-corrected chi connectivity index (χ2v) is 9.77. The molecule has 2 aromatic carbocycles. The number of rotatable bonds is 9. The monoisotopic (exact) mass is 760 g/mol. The molecule has 0 aliphatic carbocycles. The number of hydrogen-bond donors (Lipinski definition) is 0. The van der Waals surface area contributed by atoms with E-state index in [0.717, 1.165) is 0 Å². The van der Waals surface area contributed by atoms with Crippen molar-refractivity contribution in [3.05, 3.63) is 111 Å². The third kappa shape index (κ3) is 11.3. The molecule has 2 heterocycles. The molecule has 1 unspecified atom stereocenters. The summed E-state index contributed by atoms with van der Waals surface area (Å²) in [5, 5.41) is 0. The van der Waals surface area contributed by atoms with Gasteiger partial charge in [0.25, 0.3) is 0 Å². The van der Waals surface area contributed by atoms with Crippen LogP contribution in [0.1, 0.15) is 56.5 Å². The summed E-state index contributed by atoms with van der Waals surface area (Å²) in [5.41, 5.74) is 1.42. The zero-order valence-corrected chi connectivity index (χ0v) is 28.3. The van der Waals surface area contributed by atoms with Crippen molar-refractivity contribution in [3.8, 4) is 0 Å². The summed E-state index contributed by atoms with van der Waals surface area (Å²) in [6.45, 7) is 3.98. The van der Waals surface area contributed by atoms with Gasteiger partial charge in [0.2, 0.25) is 11.8 Å². The van der Waals surface area contributed by atoms with Crippen LogP contribution in [0.3, 0.4) is 0 Å². The number of oxazole rings is 2. The molecule has 0 aliphatic rings. The maximum absolute atomic E-state index is 13.5. The number of carbonyl (C=O) groups excluding carboxylic acids is 2. The van der Waals surface area contributed by atoms with E-state index in [-0.39, 0.29) is 51.8 Å². The first-order chi connectivity index (χ1) is 19.2. The molecule has 220 valence electrons. The summed E-state index contributed by atoms with van der Waals surface area (Å²) in [6, 6.07) is 8.72. The van der Waals surface area contributed by atoms with Crippen LogP contribution in [0.5, 0.6) is 0 Å². The van der Waals surface area contributed by atoms with Crippen LogP contribution in [0.25, 0.3) is 5.57 Å². The Morgan fingerprint density at radius 1 is 0.905 bits per heavy atom. The van der Waals surface area contributed by atoms with Gasteiger partial charge in [-0.3, -0.25) is 4.79 Å². The SMILES string of the molecule is C.CCOC(=O)/C=C(/c1cc(F)cc(Br)c1)c1ncco1.CCOC(=O)CC(c1cc(F)cc(Br)c1)c1ncco1.[Zn]. The molecule has 0 amide bonds. The van der Waals surface area contributed by atoms with Crippen LogP contribution in [-0.2, 0) is 38.5 Å². The second-order valence-electron chi connectivity index (χ2n) is 7.94. The van der Waals surface area contributed by atoms with Gasteiger partial charge < -0.3 is 18.3 Å². The van der Waals surface area contributed by atoms with Crippen molar-refractivity contribution in [1.29, 1.82) is 0 Å². The van der Waals surface area contributed by atoms with Gasteiger partial charge in [-0.1, -0.05) is 39.3 Å². The van der Waals surface area contributed by atoms with Crippen LogP contribution in [0, 0.1) is 11.6 Å². The van der Waals surface area contributed by atoms with Crippen molar-refractivity contribution in [1.82, 2.24) is 9.97 Å². The quantitative estimate of drug-likeness (QED) is 0.0965. The molecule has 0 N–H and O–H groups in total. The van der Waals surface area contributed by atoms with Gasteiger partial charge in [-0.2, -0.15) is 0 Å². The van der Waals surface area contributed by atoms with E-state index in [4.69, 9.17) is 18.3 Å². The first-order valence-corrected chi connectivity index (χ1v) is 13.5. The maximum Gasteiger partial charge on any atom is 0.331 e. The third-order valence-corrected chi connectivity index (χ3v) is 6.01. The first kappa shape index (κ1) is 37.0. The number of ether oxygens (including phenoxy) is 2. The molecular weight excluding hydrogens is 736 g/mol. The van der Waals surface area contributed by atoms with E-state index in [1.807, 2.05) is 0 Å². The van der Waals surface area contributed by atoms with Gasteiger partial charge >= 0.3 is 11.9 Å². The van der Waals surface area contributed by atoms with E-state index in [9.17, 15) is 18.4 Å². The smallest absolute Gasteiger partial charge is 0.331 e. The van der Waals surface area contributed by atoms with Crippen molar-refractivity contribution in [2.75, 3.05) is 13.2 Å². The molecule has 8 nitrogen and oxygen atoms in total. The Morgan fingerprint density at radius 3 is 2.07 bits per heavy atom. The van der Waals surface area contributed by atoms with E-state index >= 15 is 0 Å². The van der Waals surface area contributed by atoms with E-state index in [2.05, 4.69) is 41.8 Å². The molecule has 2 aromatic heterocycles. The van der Waals surface area contributed by atoms with Crippen molar-refractivity contribution >= 4 is 49.4 Å². The Labute approximate surface area is 271 Å². The van der Waals surface area contributed by atoms with Crippen molar-refractivity contribution in [2.24, 2.45) is 0 Å². The fraction of sp³-hybridized carbons (Fsp3) is 0.241. The molecule has 0 saturated carbocycles. The number of nitrogens with zero attached hydrogens (tertiary/aromatic N) is 2. The second kappa shape index (κ2) is 18.5. The molecule has 0 saturated heterocycles. The van der Waals surface area contributed by atoms with Gasteiger partial charge in [-0.05, 0) is 61.4 Å². The number of benzene rings is 2. The minimum Gasteiger partial charge on any atom is -0.466 e. The van der Waals surface area contributed by atoms with Crippen LogP contribution in [0.2, 0.25) is 0 Å². The van der Waals surface area contributed by atoms with E-state index in [1.54, 1.807) is 26.0 Å². The zero-order chi connectivity index (χ0) is 29.1. The van der Waals surface area contributed by atoms with Gasteiger partial charge in [0.05, 0.1) is 43.5 Å². The fourth-order valence-electron chi connectivity index (χ4n) is 3.55. The topological polar surface area (TPSA) is 105 Å². The van der Waals surface area contributed by atoms with Gasteiger partial charge in [0, 0.05) is 34.5 Å². The van der Waals surface area contributed by atoms with Crippen LogP contribution in [0.4, 0.5) is 8.78 Å². The minimum atomic E-state index is -0.541. The Morgan fingerprint density at radius 2 is 1.52 bits per heavy atom. The van der Waals surface area contributed by atoms with E-state index in [0.29, 0.717) is 38.1 Å². The van der Waals surface area contributed by atoms with Gasteiger partial charge in [-0.25, -0.2) is 23.5 Å². The van der Waals surface area contributed by atoms with Gasteiger partial charge in [-0.15, -0.1) is 0 Å². The third-order valence-electron chi connectivity index (χ3n) is 5.10. The molecular formula is C29H28Br2F2N2O6Zn. The van der Waals surface area contributed by atoms with E-state index in [1.165, 1.54) is 55.3 Å². The molecule has 0 fully saturated rings. The van der Waals surface area contributed by atoms with E-state index < -0.39 is 23.5 Å². The average molecular weight is 764 g/mol. The summed E-state index contributed by atoms with van der Waals surface area (Å²) < 4.78 is 48.4. The number of halogens is 4. The maximum atomic E-state index is 13.5. The van der Waals surface area contributed by atoms with Crippen molar-refractivity contribution in [3.63, 3.8) is 0 Å². The Kier molecular flexibility index (Phi) is 16.3. The molecule has 0 aliphatic heterocycles. The molecule has 0 radical (unpaired) electrons. The average Bonchev–Trinajstić information content (AvgIpc) is 3.60. The molecule has 4 aromatic rings. The minimum absolute atomic E-state index is 0. The van der Waals surface area contributed by atoms with Crippen molar-refractivity contribution < 1.29 is 56.2 Å². The summed E-state index contributed by atoms with van der Waals surface area (Å²) in [7, 11) is 0. The molecule has 4 rings (SSSR count). The Bertz CT molecular complexity index is 1410. The largest absolute Gasteiger partial charge is 0.466 e. The number of hydrogen-bond acceptors (Lipinski definition) is 8. The summed E-state index contributed by atoms with van der Waals surface area (Å²) in [4.78, 5) is 31.4. The predicted molar refractivity (Wildman–Crippen MR) is 155 cm³/mol. The van der Waals surface area contributed by atoms with Gasteiger partial charge in [0.15, 0.2) is 0 Å². The standard InChI is InChI=1S/C14H13BrFNO3.C14H11BrFNO3.CH4.Zn/c2*1-2-19-13(18)8-12(14-17-3-4-20-14)9-5-10(15)7-11(16)6-9;;/h3-7,12H,2,8H2,1H3;3-8H,2H2,1H3;1H4;/b;12-8-;;. The number of esters is 2. The summed E-state index contributed by atoms with van der Waals surface area (Å²) in [5.74, 6) is -1.65. The number of aromatic nitrogens is 2. The predicted octanol–water partition coefficient (Wildman–Crippen LogP) is 7.87. The molecule has 42 heavy (non-hydrogen) atoms. The van der Waals surface area contributed by atoms with Crippen LogP contribution in [0.15, 0.2) is 85.2 Å². The first-order valence-electron chi connectivity index (χ1n) is 12.0. The van der Waals surface area contributed by atoms with Crippen LogP contribution >= 0.6 is 31.9 Å². The van der Waals surface area contributed by atoms with Crippen LogP contribution < -0.4 is 0 Å². The van der Waals surface area contributed by atoms with Crippen molar-refractivity contribution in [2.45, 2.75) is 33.6 Å².